The molecule has 0 atom stereocenters. The molecule has 1 amide bonds. The van der Waals surface area contributed by atoms with Crippen molar-refractivity contribution in [3.63, 3.8) is 0 Å². The van der Waals surface area contributed by atoms with E-state index in [9.17, 15) is 4.79 Å². The zero-order valence-corrected chi connectivity index (χ0v) is 17.8. The molecule has 2 aromatic carbocycles. The Labute approximate surface area is 170 Å². The van der Waals surface area contributed by atoms with Crippen molar-refractivity contribution in [2.75, 3.05) is 5.32 Å². The second kappa shape index (κ2) is 8.84. The molecule has 26 heavy (non-hydrogen) atoms. The lowest BCUT2D eigenvalue weighted by Crippen LogP contribution is -2.14. The number of anilines is 1. The van der Waals surface area contributed by atoms with Crippen LogP contribution in [0.4, 0.5) is 5.69 Å². The van der Waals surface area contributed by atoms with Gasteiger partial charge in [-0.3, -0.25) is 4.79 Å². The number of nitrogens with one attached hydrogen (secondary N) is 1. The molecule has 1 N–H and O–H groups in total. The van der Waals surface area contributed by atoms with Gasteiger partial charge in [-0.25, -0.2) is 4.98 Å². The van der Waals surface area contributed by atoms with Crippen LogP contribution in [-0.4, -0.2) is 10.9 Å². The highest BCUT2D eigenvalue weighted by molar-refractivity contribution is 9.10. The molecule has 3 aromatic rings. The first-order chi connectivity index (χ1) is 12.5. The molecule has 0 bridgehead atoms. The normalized spacial score (nSPS) is 10.7. The third kappa shape index (κ3) is 5.43. The van der Waals surface area contributed by atoms with Gasteiger partial charge in [-0.1, -0.05) is 57.5 Å². The number of benzene rings is 2. The largest absolute Gasteiger partial charge is 0.326 e. The maximum Gasteiger partial charge on any atom is 0.230 e. The van der Waals surface area contributed by atoms with E-state index in [1.165, 1.54) is 16.7 Å². The summed E-state index contributed by atoms with van der Waals surface area (Å²) in [6.07, 6.45) is 0.285. The number of amides is 1. The number of carbonyl (C=O) groups excluding carboxylic acids is 1. The van der Waals surface area contributed by atoms with Crippen molar-refractivity contribution in [3.05, 3.63) is 74.7 Å². The number of rotatable bonds is 6. The predicted octanol–water partition coefficient (Wildman–Crippen LogP) is 6.00. The molecule has 1 heterocycles. The SMILES string of the molecule is Cc1ccc(C)c(CSc2nc(CC(=O)Nc3cccc(Br)c3)cs2)c1. The fraction of sp³-hybridized carbons (Fsp3) is 0.200. The number of aryl methyl sites for hydroxylation is 2. The molecule has 0 unspecified atom stereocenters. The maximum absolute atomic E-state index is 12.2. The second-order valence-corrected chi connectivity index (χ2v) is 9.05. The van der Waals surface area contributed by atoms with Gasteiger partial charge >= 0.3 is 0 Å². The van der Waals surface area contributed by atoms with E-state index in [-0.39, 0.29) is 12.3 Å². The molecule has 0 spiro atoms. The molecule has 0 radical (unpaired) electrons. The minimum Gasteiger partial charge on any atom is -0.326 e. The van der Waals surface area contributed by atoms with Crippen LogP contribution >= 0.6 is 39.0 Å². The second-order valence-electron chi connectivity index (χ2n) is 6.06. The van der Waals surface area contributed by atoms with Crippen molar-refractivity contribution in [2.45, 2.75) is 30.4 Å². The first kappa shape index (κ1) is 19.1. The minimum absolute atomic E-state index is 0.0560. The number of thiazole rings is 1. The van der Waals surface area contributed by atoms with Crippen LogP contribution in [0.5, 0.6) is 0 Å². The van der Waals surface area contributed by atoms with E-state index in [1.807, 2.05) is 29.6 Å². The Bertz CT molecular complexity index is 924. The van der Waals surface area contributed by atoms with Gasteiger partial charge in [0.2, 0.25) is 5.91 Å². The molecule has 1 aromatic heterocycles. The molecule has 6 heteroatoms. The van der Waals surface area contributed by atoms with E-state index in [0.29, 0.717) is 0 Å². The standard InChI is InChI=1S/C20H19BrN2OS2/c1-13-6-7-14(2)15(8-13)11-25-20-23-18(12-26-20)10-19(24)22-17-5-3-4-16(21)9-17/h3-9,12H,10-11H2,1-2H3,(H,22,24). The van der Waals surface area contributed by atoms with Gasteiger partial charge in [-0.15, -0.1) is 11.3 Å². The van der Waals surface area contributed by atoms with Gasteiger partial charge in [0.05, 0.1) is 12.1 Å². The Morgan fingerprint density at radius 3 is 2.88 bits per heavy atom. The molecule has 3 nitrogen and oxygen atoms in total. The van der Waals surface area contributed by atoms with Crippen LogP contribution in [0.3, 0.4) is 0 Å². The topological polar surface area (TPSA) is 42.0 Å². The fourth-order valence-electron chi connectivity index (χ4n) is 2.47. The van der Waals surface area contributed by atoms with E-state index < -0.39 is 0 Å². The highest BCUT2D eigenvalue weighted by atomic mass is 79.9. The van der Waals surface area contributed by atoms with Gasteiger partial charge in [-0.05, 0) is 43.2 Å². The van der Waals surface area contributed by atoms with Gasteiger partial charge in [0.25, 0.3) is 0 Å². The van der Waals surface area contributed by atoms with Crippen LogP contribution < -0.4 is 5.32 Å². The number of thioether (sulfide) groups is 1. The Morgan fingerprint density at radius 1 is 1.23 bits per heavy atom. The van der Waals surface area contributed by atoms with Crippen LogP contribution in [0.25, 0.3) is 0 Å². The molecule has 0 saturated carbocycles. The number of aromatic nitrogens is 1. The van der Waals surface area contributed by atoms with Gasteiger partial charge < -0.3 is 5.32 Å². The van der Waals surface area contributed by atoms with Crippen molar-refractivity contribution in [1.82, 2.24) is 4.98 Å². The lowest BCUT2D eigenvalue weighted by Gasteiger charge is -2.05. The molecular weight excluding hydrogens is 428 g/mol. The number of carbonyl (C=O) groups is 1. The van der Waals surface area contributed by atoms with Crippen molar-refractivity contribution >= 4 is 50.6 Å². The molecule has 134 valence electrons. The fourth-order valence-corrected chi connectivity index (χ4v) is 4.77. The predicted molar refractivity (Wildman–Crippen MR) is 114 cm³/mol. The van der Waals surface area contributed by atoms with E-state index >= 15 is 0 Å². The van der Waals surface area contributed by atoms with Crippen LogP contribution in [0.1, 0.15) is 22.4 Å². The monoisotopic (exact) mass is 446 g/mol. The summed E-state index contributed by atoms with van der Waals surface area (Å²) in [7, 11) is 0. The number of hydrogen-bond acceptors (Lipinski definition) is 4. The summed E-state index contributed by atoms with van der Waals surface area (Å²) in [5.41, 5.74) is 5.50. The summed E-state index contributed by atoms with van der Waals surface area (Å²) in [4.78, 5) is 16.8. The quantitative estimate of drug-likeness (QED) is 0.472. The number of halogens is 1. The third-order valence-electron chi connectivity index (χ3n) is 3.84. The highest BCUT2D eigenvalue weighted by Crippen LogP contribution is 2.28. The lowest BCUT2D eigenvalue weighted by molar-refractivity contribution is -0.115. The van der Waals surface area contributed by atoms with E-state index in [1.54, 1.807) is 23.1 Å². The lowest BCUT2D eigenvalue weighted by atomic mass is 10.1. The molecule has 0 fully saturated rings. The zero-order chi connectivity index (χ0) is 18.5. The first-order valence-corrected chi connectivity index (χ1v) is 10.8. The molecule has 0 aliphatic heterocycles. The highest BCUT2D eigenvalue weighted by Gasteiger charge is 2.09. The summed E-state index contributed by atoms with van der Waals surface area (Å²) >= 11 is 6.72. The van der Waals surface area contributed by atoms with Crippen LogP contribution in [0.15, 0.2) is 56.7 Å². The molecule has 0 saturated heterocycles. The Hall–Kier alpha value is -1.63. The van der Waals surface area contributed by atoms with E-state index in [2.05, 4.69) is 58.3 Å². The minimum atomic E-state index is -0.0560. The summed E-state index contributed by atoms with van der Waals surface area (Å²) in [5.74, 6) is 0.838. The molecular formula is C20H19BrN2OS2. The molecule has 0 aliphatic carbocycles. The Morgan fingerprint density at radius 2 is 2.08 bits per heavy atom. The first-order valence-electron chi connectivity index (χ1n) is 8.18. The van der Waals surface area contributed by atoms with Gasteiger partial charge in [0.1, 0.15) is 4.34 Å². The van der Waals surface area contributed by atoms with Crippen molar-refractivity contribution in [2.24, 2.45) is 0 Å². The average Bonchev–Trinajstić information content (AvgIpc) is 3.03. The Kier molecular flexibility index (Phi) is 6.51. The van der Waals surface area contributed by atoms with Gasteiger partial charge in [0.15, 0.2) is 0 Å². The van der Waals surface area contributed by atoms with E-state index in [4.69, 9.17) is 0 Å². The van der Waals surface area contributed by atoms with Gasteiger partial charge in [-0.2, -0.15) is 0 Å². The summed E-state index contributed by atoms with van der Waals surface area (Å²) in [6, 6.07) is 14.1. The molecule has 3 rings (SSSR count). The van der Waals surface area contributed by atoms with Gasteiger partial charge in [0, 0.05) is 21.3 Å². The van der Waals surface area contributed by atoms with Crippen LogP contribution in [0.2, 0.25) is 0 Å². The maximum atomic E-state index is 12.2. The van der Waals surface area contributed by atoms with E-state index in [0.717, 1.165) is 25.9 Å². The summed E-state index contributed by atoms with van der Waals surface area (Å²) in [6.45, 7) is 4.24. The zero-order valence-electron chi connectivity index (χ0n) is 14.6. The third-order valence-corrected chi connectivity index (χ3v) is 6.45. The van der Waals surface area contributed by atoms with Crippen molar-refractivity contribution < 1.29 is 4.79 Å². The average molecular weight is 447 g/mol. The van der Waals surface area contributed by atoms with Crippen LogP contribution in [0, 0.1) is 13.8 Å². The summed E-state index contributed by atoms with van der Waals surface area (Å²) in [5, 5.41) is 4.87. The smallest absolute Gasteiger partial charge is 0.230 e. The van der Waals surface area contributed by atoms with Crippen molar-refractivity contribution in [3.8, 4) is 0 Å². The summed E-state index contributed by atoms with van der Waals surface area (Å²) < 4.78 is 1.94. The number of hydrogen-bond donors (Lipinski definition) is 1. The molecule has 0 aliphatic rings. The Balaban J connectivity index is 1.56. The van der Waals surface area contributed by atoms with Crippen LogP contribution in [-0.2, 0) is 17.0 Å². The number of nitrogens with zero attached hydrogens (tertiary/aromatic N) is 1. The van der Waals surface area contributed by atoms with Crippen molar-refractivity contribution in [1.29, 1.82) is 0 Å².